The summed E-state index contributed by atoms with van der Waals surface area (Å²) in [6, 6.07) is 13.6. The zero-order valence-corrected chi connectivity index (χ0v) is 13.1. The van der Waals surface area contributed by atoms with Gasteiger partial charge in [0, 0.05) is 22.6 Å². The van der Waals surface area contributed by atoms with E-state index in [9.17, 15) is 5.11 Å². The topological polar surface area (TPSA) is 41.5 Å². The molecule has 0 radical (unpaired) electrons. The molecule has 0 bridgehead atoms. The average Bonchev–Trinajstić information content (AvgIpc) is 2.47. The molecule has 2 aromatic carbocycles. The van der Waals surface area contributed by atoms with Gasteiger partial charge in [-0.25, -0.2) is 0 Å². The first-order valence-electron chi connectivity index (χ1n) is 6.45. The predicted octanol–water partition coefficient (Wildman–Crippen LogP) is 4.01. The summed E-state index contributed by atoms with van der Waals surface area (Å²) in [4.78, 5) is 0. The van der Waals surface area contributed by atoms with Crippen molar-refractivity contribution >= 4 is 15.9 Å². The van der Waals surface area contributed by atoms with Crippen LogP contribution in [0.5, 0.6) is 11.5 Å². The van der Waals surface area contributed by atoms with Crippen LogP contribution in [0.25, 0.3) is 0 Å². The lowest BCUT2D eigenvalue weighted by atomic mass is 10.1. The number of ether oxygens (including phenoxy) is 1. The maximum Gasteiger partial charge on any atom is 0.120 e. The van der Waals surface area contributed by atoms with Crippen LogP contribution in [0.1, 0.15) is 24.1 Å². The van der Waals surface area contributed by atoms with Gasteiger partial charge in [0.1, 0.15) is 11.5 Å². The van der Waals surface area contributed by atoms with E-state index in [1.54, 1.807) is 19.2 Å². The Bertz CT molecular complexity index is 569. The summed E-state index contributed by atoms with van der Waals surface area (Å²) in [5.41, 5.74) is 2.03. The third-order valence-corrected chi connectivity index (χ3v) is 3.78. The smallest absolute Gasteiger partial charge is 0.120 e. The van der Waals surface area contributed by atoms with Crippen LogP contribution in [0.3, 0.4) is 0 Å². The molecule has 2 rings (SSSR count). The molecule has 2 N–H and O–H groups in total. The van der Waals surface area contributed by atoms with Crippen molar-refractivity contribution in [3.8, 4) is 11.5 Å². The molecule has 0 heterocycles. The number of hydrogen-bond acceptors (Lipinski definition) is 3. The molecule has 0 aliphatic rings. The summed E-state index contributed by atoms with van der Waals surface area (Å²) < 4.78 is 6.24. The second kappa shape index (κ2) is 6.77. The van der Waals surface area contributed by atoms with Crippen LogP contribution >= 0.6 is 15.9 Å². The summed E-state index contributed by atoms with van der Waals surface area (Å²) in [5.74, 6) is 1.03. The largest absolute Gasteiger partial charge is 0.508 e. The van der Waals surface area contributed by atoms with Crippen LogP contribution in [0.4, 0.5) is 0 Å². The number of rotatable bonds is 5. The van der Waals surface area contributed by atoms with Crippen molar-refractivity contribution in [1.29, 1.82) is 0 Å². The van der Waals surface area contributed by atoms with Crippen molar-refractivity contribution in [3.63, 3.8) is 0 Å². The van der Waals surface area contributed by atoms with Gasteiger partial charge in [-0.1, -0.05) is 28.1 Å². The Kier molecular flexibility index (Phi) is 5.04. The highest BCUT2D eigenvalue weighted by molar-refractivity contribution is 9.10. The van der Waals surface area contributed by atoms with E-state index < -0.39 is 0 Å². The van der Waals surface area contributed by atoms with E-state index in [-0.39, 0.29) is 11.8 Å². The van der Waals surface area contributed by atoms with Gasteiger partial charge in [-0.2, -0.15) is 0 Å². The van der Waals surface area contributed by atoms with Crippen molar-refractivity contribution in [2.45, 2.75) is 19.5 Å². The molecule has 0 amide bonds. The van der Waals surface area contributed by atoms with Crippen LogP contribution in [0, 0.1) is 0 Å². The Labute approximate surface area is 127 Å². The lowest BCUT2D eigenvalue weighted by Gasteiger charge is -2.15. The summed E-state index contributed by atoms with van der Waals surface area (Å²) in [5, 5.41) is 13.2. The molecule has 0 saturated heterocycles. The van der Waals surface area contributed by atoms with Gasteiger partial charge in [0.05, 0.1) is 7.11 Å². The highest BCUT2D eigenvalue weighted by Gasteiger charge is 2.07. The minimum Gasteiger partial charge on any atom is -0.508 e. The number of nitrogens with one attached hydrogen (secondary N) is 1. The molecule has 0 aliphatic carbocycles. The Hall–Kier alpha value is -1.52. The molecule has 1 atom stereocenters. The average molecular weight is 336 g/mol. The predicted molar refractivity (Wildman–Crippen MR) is 84.1 cm³/mol. The number of phenols is 1. The second-order valence-electron chi connectivity index (χ2n) is 4.65. The minimum atomic E-state index is 0.203. The number of hydrogen-bond donors (Lipinski definition) is 2. The standard InChI is InChI=1S/C16H18BrNO2/c1-11(12-3-5-14(17)6-4-12)18-10-13-9-15(20-2)7-8-16(13)19/h3-9,11,18-19H,10H2,1-2H3. The fourth-order valence-electron chi connectivity index (χ4n) is 1.96. The maximum atomic E-state index is 9.85. The van der Waals surface area contributed by atoms with E-state index in [1.165, 1.54) is 5.56 Å². The highest BCUT2D eigenvalue weighted by Crippen LogP contribution is 2.24. The van der Waals surface area contributed by atoms with Crippen molar-refractivity contribution < 1.29 is 9.84 Å². The molecule has 1 unspecified atom stereocenters. The third-order valence-electron chi connectivity index (χ3n) is 3.26. The van der Waals surface area contributed by atoms with Crippen LogP contribution in [-0.4, -0.2) is 12.2 Å². The van der Waals surface area contributed by atoms with Gasteiger partial charge in [0.2, 0.25) is 0 Å². The molecule has 20 heavy (non-hydrogen) atoms. The first-order valence-corrected chi connectivity index (χ1v) is 7.24. The highest BCUT2D eigenvalue weighted by atomic mass is 79.9. The molecule has 2 aromatic rings. The fraction of sp³-hybridized carbons (Fsp3) is 0.250. The van der Waals surface area contributed by atoms with Gasteiger partial charge in [-0.15, -0.1) is 0 Å². The molecule has 0 aromatic heterocycles. The Morgan fingerprint density at radius 2 is 1.90 bits per heavy atom. The van der Waals surface area contributed by atoms with E-state index in [0.29, 0.717) is 6.54 Å². The second-order valence-corrected chi connectivity index (χ2v) is 5.56. The monoisotopic (exact) mass is 335 g/mol. The number of aromatic hydroxyl groups is 1. The van der Waals surface area contributed by atoms with Gasteiger partial charge in [0.15, 0.2) is 0 Å². The molecule has 106 valence electrons. The van der Waals surface area contributed by atoms with Gasteiger partial charge < -0.3 is 15.2 Å². The summed E-state index contributed by atoms with van der Waals surface area (Å²) in [6.07, 6.45) is 0. The molecule has 0 aliphatic heterocycles. The van der Waals surface area contributed by atoms with Crippen molar-refractivity contribution in [2.24, 2.45) is 0 Å². The summed E-state index contributed by atoms with van der Waals surface area (Å²) >= 11 is 3.43. The molecule has 0 saturated carbocycles. The van der Waals surface area contributed by atoms with Crippen LogP contribution in [0.2, 0.25) is 0 Å². The number of phenolic OH excluding ortho intramolecular Hbond substituents is 1. The SMILES string of the molecule is COc1ccc(O)c(CNC(C)c2ccc(Br)cc2)c1. The minimum absolute atomic E-state index is 0.203. The van der Waals surface area contributed by atoms with Crippen LogP contribution in [-0.2, 0) is 6.54 Å². The lowest BCUT2D eigenvalue weighted by molar-refractivity contribution is 0.409. The Morgan fingerprint density at radius 3 is 2.55 bits per heavy atom. The van der Waals surface area contributed by atoms with E-state index in [0.717, 1.165) is 15.8 Å². The normalized spacial score (nSPS) is 12.2. The van der Waals surface area contributed by atoms with E-state index in [4.69, 9.17) is 4.74 Å². The Morgan fingerprint density at radius 1 is 1.20 bits per heavy atom. The van der Waals surface area contributed by atoms with E-state index >= 15 is 0 Å². The quantitative estimate of drug-likeness (QED) is 0.867. The fourth-order valence-corrected chi connectivity index (χ4v) is 2.23. The maximum absolute atomic E-state index is 9.85. The van der Waals surface area contributed by atoms with Crippen molar-refractivity contribution in [3.05, 3.63) is 58.1 Å². The van der Waals surface area contributed by atoms with Crippen molar-refractivity contribution in [1.82, 2.24) is 5.32 Å². The zero-order chi connectivity index (χ0) is 14.5. The third kappa shape index (κ3) is 3.74. The molecule has 3 nitrogen and oxygen atoms in total. The molecule has 4 heteroatoms. The number of methoxy groups -OCH3 is 1. The van der Waals surface area contributed by atoms with Gasteiger partial charge in [-0.05, 0) is 42.8 Å². The number of halogens is 1. The molecular weight excluding hydrogens is 318 g/mol. The van der Waals surface area contributed by atoms with Crippen molar-refractivity contribution in [2.75, 3.05) is 7.11 Å². The van der Waals surface area contributed by atoms with Gasteiger partial charge >= 0.3 is 0 Å². The van der Waals surface area contributed by atoms with Crippen LogP contribution < -0.4 is 10.1 Å². The van der Waals surface area contributed by atoms with E-state index in [1.807, 2.05) is 18.2 Å². The summed E-state index contributed by atoms with van der Waals surface area (Å²) in [6.45, 7) is 2.68. The molecule has 0 spiro atoms. The lowest BCUT2D eigenvalue weighted by Crippen LogP contribution is -2.18. The Balaban J connectivity index is 2.02. The summed E-state index contributed by atoms with van der Waals surface area (Å²) in [7, 11) is 1.62. The molecule has 0 fully saturated rings. The first-order chi connectivity index (χ1) is 9.60. The van der Waals surface area contributed by atoms with Gasteiger partial charge in [-0.3, -0.25) is 0 Å². The van der Waals surface area contributed by atoms with E-state index in [2.05, 4.69) is 40.3 Å². The van der Waals surface area contributed by atoms with Crippen LogP contribution in [0.15, 0.2) is 46.9 Å². The first kappa shape index (κ1) is 14.9. The molecular formula is C16H18BrNO2. The number of benzene rings is 2. The van der Waals surface area contributed by atoms with Gasteiger partial charge in [0.25, 0.3) is 0 Å². The zero-order valence-electron chi connectivity index (χ0n) is 11.6.